The van der Waals surface area contributed by atoms with Gasteiger partial charge in [-0.25, -0.2) is 8.42 Å². The second-order valence-electron chi connectivity index (χ2n) is 22.1. The van der Waals surface area contributed by atoms with E-state index >= 15 is 0 Å². The van der Waals surface area contributed by atoms with Crippen LogP contribution in [0.3, 0.4) is 0 Å². The number of nitrogens with two attached hydrogens (primary N) is 8. The third-order valence-electron chi connectivity index (χ3n) is 14.1. The molecule has 1 fully saturated rings. The number of aliphatic hydroxyl groups is 1. The molecule has 1 aliphatic heterocycles. The van der Waals surface area contributed by atoms with Crippen molar-refractivity contribution < 1.29 is 56.7 Å². The molecule has 496 valence electrons. The van der Waals surface area contributed by atoms with Crippen LogP contribution in [-0.2, 0) is 53.2 Å². The average Bonchev–Trinajstić information content (AvgIpc) is 0.957. The molecule has 0 aromatic heterocycles. The summed E-state index contributed by atoms with van der Waals surface area (Å²) >= 11 is 0. The Morgan fingerprint density at radius 1 is 0.618 bits per heavy atom. The molecule has 25 N–H and O–H groups in total. The van der Waals surface area contributed by atoms with Crippen LogP contribution in [0.25, 0.3) is 10.8 Å². The van der Waals surface area contributed by atoms with Gasteiger partial charge in [-0.1, -0.05) is 38.1 Å². The first kappa shape index (κ1) is 74.6. The molecule has 34 heteroatoms. The SMILES string of the molecule is CC(C)C[C@H](NS(=O)(=O)c1cccc2c(N(C)C)cccc12)C(=O)N1CCC[C@H]1C(=O)N[C@@H](CCCCN)C(=O)N[C@H](C(=O)NCC(=O)NCC(=O)N[C@@H](CCCN=C(N)N)C(=O)N[C@@H](CCCN=C(N)N)C(=O)N[C@@H](CCCN=C(N)N)C(N)=O)[C@@H](C)O. The van der Waals surface area contributed by atoms with E-state index in [1.54, 1.807) is 24.3 Å². The molecule has 1 aliphatic rings. The predicted octanol–water partition coefficient (Wildman–Crippen LogP) is -5.60. The van der Waals surface area contributed by atoms with Crippen LogP contribution in [0.5, 0.6) is 0 Å². The van der Waals surface area contributed by atoms with Crippen LogP contribution in [-0.4, -0.2) is 198 Å². The molecule has 89 heavy (non-hydrogen) atoms. The summed E-state index contributed by atoms with van der Waals surface area (Å²) in [5.41, 5.74) is 44.6. The highest BCUT2D eigenvalue weighted by Gasteiger charge is 2.41. The molecule has 8 atom stereocenters. The average molecular weight is 1270 g/mol. The van der Waals surface area contributed by atoms with E-state index in [0.29, 0.717) is 30.0 Å². The monoisotopic (exact) mass is 1270 g/mol. The number of carbonyl (C=O) groups is 9. The molecule has 0 unspecified atom stereocenters. The van der Waals surface area contributed by atoms with E-state index < -0.39 is 125 Å². The van der Waals surface area contributed by atoms with E-state index in [9.17, 15) is 56.7 Å². The van der Waals surface area contributed by atoms with E-state index in [-0.39, 0.29) is 119 Å². The number of fused-ring (bicyclic) bond motifs is 1. The van der Waals surface area contributed by atoms with Gasteiger partial charge in [0.15, 0.2) is 17.9 Å². The Hall–Kier alpha value is -8.63. The normalized spacial score (nSPS) is 15.3. The molecule has 33 nitrogen and oxygen atoms in total. The number of hydrogen-bond acceptors (Lipinski definition) is 17. The Balaban J connectivity index is 1.72. The molecule has 3 rings (SSSR count). The lowest BCUT2D eigenvalue weighted by Crippen LogP contribution is -2.60. The van der Waals surface area contributed by atoms with Gasteiger partial charge < -0.3 is 98.0 Å². The van der Waals surface area contributed by atoms with Crippen molar-refractivity contribution in [2.75, 3.05) is 64.8 Å². The number of nitrogens with zero attached hydrogens (tertiary/aromatic N) is 5. The summed E-state index contributed by atoms with van der Waals surface area (Å²) in [6.07, 6.45) is 0.330. The zero-order valence-corrected chi connectivity index (χ0v) is 52.1. The Morgan fingerprint density at radius 3 is 1.66 bits per heavy atom. The van der Waals surface area contributed by atoms with Gasteiger partial charge in [0.2, 0.25) is 63.2 Å². The number of likely N-dealkylation sites (tertiary alicyclic amines) is 1. The highest BCUT2D eigenvalue weighted by Crippen LogP contribution is 2.31. The van der Waals surface area contributed by atoms with E-state index in [0.717, 1.165) is 5.69 Å². The first-order valence-corrected chi connectivity index (χ1v) is 30.9. The van der Waals surface area contributed by atoms with Crippen LogP contribution in [0.15, 0.2) is 56.3 Å². The van der Waals surface area contributed by atoms with Crippen molar-refractivity contribution in [2.24, 2.45) is 66.8 Å². The van der Waals surface area contributed by atoms with E-state index in [1.165, 1.54) is 17.9 Å². The largest absolute Gasteiger partial charge is 0.391 e. The molecule has 0 spiro atoms. The fourth-order valence-electron chi connectivity index (χ4n) is 9.64. The number of rotatable bonds is 39. The lowest BCUT2D eigenvalue weighted by Gasteiger charge is -2.31. The number of anilines is 1. The standard InChI is InChI=1S/C55H93N21O12S/c1-31(2)28-39(74-89(87,88)42-22-9-14-33-34(42)15-8-20-40(33)75(4)5)52(86)76-27-13-21-41(76)50(84)72-37(16-6-7-23-56)49(83)73-45(32(3)77)51(85)68-29-43(78)67-30-44(79)69-36(18-11-25-65-54(60)61)47(81)71-38(19-12-26-66-55(62)63)48(82)70-35(46(57)80)17-10-24-64-53(58)59/h8-9,14-15,20,22,31-32,35-39,41,45,74,77H,6-7,10-13,16-19,21,23-30,56H2,1-5H3,(H2,57,80)(H,67,78)(H,68,85)(H,69,79)(H,70,82)(H,71,81)(H,72,84)(H,73,83)(H4,58,59,64)(H4,60,61,65)(H4,62,63,66)/t32-,35+,36+,37+,38+,39+,41+,45+/m1/s1. The Bertz CT molecular complexity index is 2950. The number of guanidine groups is 3. The van der Waals surface area contributed by atoms with Crippen molar-refractivity contribution in [1.82, 2.24) is 46.8 Å². The molecule has 0 radical (unpaired) electrons. The fraction of sp³-hybridized carbons (Fsp3) is 0.600. The quantitative estimate of drug-likeness (QED) is 0.0169. The highest BCUT2D eigenvalue weighted by atomic mass is 32.2. The third kappa shape index (κ3) is 25.5. The number of amides is 9. The molecular formula is C55H93N21O12S. The van der Waals surface area contributed by atoms with Gasteiger partial charge in [0, 0.05) is 56.7 Å². The van der Waals surface area contributed by atoms with Crippen LogP contribution in [0.2, 0.25) is 0 Å². The number of primary amides is 1. The second-order valence-corrected chi connectivity index (χ2v) is 23.8. The molecule has 0 bridgehead atoms. The number of aliphatic imine (C=N–C) groups is 3. The van der Waals surface area contributed by atoms with E-state index in [2.05, 4.69) is 56.9 Å². The minimum Gasteiger partial charge on any atom is -0.391 e. The molecule has 1 heterocycles. The van der Waals surface area contributed by atoms with Crippen molar-refractivity contribution in [3.05, 3.63) is 36.4 Å². The molecule has 0 aliphatic carbocycles. The Labute approximate surface area is 518 Å². The first-order valence-electron chi connectivity index (χ1n) is 29.4. The van der Waals surface area contributed by atoms with Crippen LogP contribution < -0.4 is 92.7 Å². The summed E-state index contributed by atoms with van der Waals surface area (Å²) in [4.78, 5) is 137. The highest BCUT2D eigenvalue weighted by molar-refractivity contribution is 7.89. The summed E-state index contributed by atoms with van der Waals surface area (Å²) in [5.74, 6) is -8.44. The number of nitrogens with one attached hydrogen (secondary N) is 8. The maximum Gasteiger partial charge on any atom is 0.245 e. The summed E-state index contributed by atoms with van der Waals surface area (Å²) in [5, 5.41) is 29.2. The molecule has 1 saturated heterocycles. The topological polar surface area (TPSA) is 556 Å². The molecule has 0 saturated carbocycles. The van der Waals surface area contributed by atoms with Crippen LogP contribution in [0.4, 0.5) is 5.69 Å². The summed E-state index contributed by atoms with van der Waals surface area (Å²) in [7, 11) is -0.646. The number of carbonyl (C=O) groups excluding carboxylic acids is 9. The van der Waals surface area contributed by atoms with Crippen molar-refractivity contribution in [1.29, 1.82) is 0 Å². The van der Waals surface area contributed by atoms with Gasteiger partial charge in [-0.2, -0.15) is 4.72 Å². The van der Waals surface area contributed by atoms with E-state index in [4.69, 9.17) is 45.9 Å². The maximum absolute atomic E-state index is 14.5. The van der Waals surface area contributed by atoms with Crippen molar-refractivity contribution in [2.45, 2.75) is 151 Å². The third-order valence-corrected chi connectivity index (χ3v) is 15.6. The zero-order chi connectivity index (χ0) is 66.5. The lowest BCUT2D eigenvalue weighted by atomic mass is 10.0. The number of hydrogen-bond donors (Lipinski definition) is 17. The van der Waals surface area contributed by atoms with Crippen molar-refractivity contribution in [3.63, 3.8) is 0 Å². The Morgan fingerprint density at radius 2 is 1.12 bits per heavy atom. The zero-order valence-electron chi connectivity index (χ0n) is 51.3. The second kappa shape index (κ2) is 37.3. The maximum atomic E-state index is 14.5. The predicted molar refractivity (Wildman–Crippen MR) is 336 cm³/mol. The smallest absolute Gasteiger partial charge is 0.245 e. The Kier molecular flexibility index (Phi) is 31.2. The van der Waals surface area contributed by atoms with Crippen LogP contribution >= 0.6 is 0 Å². The number of unbranched alkanes of at least 4 members (excludes halogenated alkanes) is 1. The molecule has 9 amide bonds. The number of aliphatic hydroxyl groups excluding tert-OH is 1. The fourth-order valence-corrected chi connectivity index (χ4v) is 11.1. The van der Waals surface area contributed by atoms with Crippen molar-refractivity contribution >= 4 is 97.5 Å². The summed E-state index contributed by atoms with van der Waals surface area (Å²) in [6, 6.07) is 0.913. The summed E-state index contributed by atoms with van der Waals surface area (Å²) < 4.78 is 31.0. The molecular weight excluding hydrogens is 1180 g/mol. The van der Waals surface area contributed by atoms with Gasteiger partial charge >= 0.3 is 0 Å². The number of benzene rings is 2. The summed E-state index contributed by atoms with van der Waals surface area (Å²) in [6.45, 7) is 3.91. The van der Waals surface area contributed by atoms with Crippen LogP contribution in [0, 0.1) is 5.92 Å². The van der Waals surface area contributed by atoms with Gasteiger partial charge in [-0.3, -0.25) is 58.1 Å². The van der Waals surface area contributed by atoms with Gasteiger partial charge in [0.05, 0.1) is 24.1 Å². The van der Waals surface area contributed by atoms with Crippen molar-refractivity contribution in [3.8, 4) is 0 Å². The number of sulfonamides is 1. The lowest BCUT2D eigenvalue weighted by molar-refractivity contribution is -0.141. The van der Waals surface area contributed by atoms with Gasteiger partial charge in [0.25, 0.3) is 0 Å². The molecule has 2 aromatic carbocycles. The van der Waals surface area contributed by atoms with Gasteiger partial charge in [-0.15, -0.1) is 0 Å². The minimum absolute atomic E-state index is 0.0147. The van der Waals surface area contributed by atoms with E-state index in [1.807, 2.05) is 38.9 Å². The first-order chi connectivity index (χ1) is 42.0. The van der Waals surface area contributed by atoms with Gasteiger partial charge in [-0.05, 0) is 109 Å². The molecule has 2 aromatic rings. The van der Waals surface area contributed by atoms with Crippen LogP contribution in [0.1, 0.15) is 97.8 Å². The minimum atomic E-state index is -4.32. The van der Waals surface area contributed by atoms with Gasteiger partial charge in [0.1, 0.15) is 42.3 Å².